The van der Waals surface area contributed by atoms with Gasteiger partial charge in [-0.2, -0.15) is 0 Å². The lowest BCUT2D eigenvalue weighted by Crippen LogP contribution is -2.55. The lowest BCUT2D eigenvalue weighted by molar-refractivity contribution is -0.154. The molecule has 7 rings (SSSR count). The third-order valence-corrected chi connectivity index (χ3v) is 7.97. The second-order valence-electron chi connectivity index (χ2n) is 9.01. The number of hydrogen-bond acceptors (Lipinski definition) is 6. The summed E-state index contributed by atoms with van der Waals surface area (Å²) in [4.78, 5) is 25.2. The van der Waals surface area contributed by atoms with Crippen molar-refractivity contribution in [2.75, 3.05) is 0 Å². The Bertz CT molecular complexity index is 928. The summed E-state index contributed by atoms with van der Waals surface area (Å²) in [6, 6.07) is 8.76. The van der Waals surface area contributed by atoms with Crippen molar-refractivity contribution >= 4 is 11.9 Å². The standard InChI is InChI=1S/C22H20O7/c23-21(24)15-16(22(25)26-8-4-2-1-3-5-8)20-14-13(19(15)29-20)17-11-9-6-7-10(27-9)12(11)18(14)28-17/h1-7,9-20H,(H,23,24). The molecule has 5 fully saturated rings. The van der Waals surface area contributed by atoms with Crippen LogP contribution in [0.3, 0.4) is 0 Å². The first-order valence-corrected chi connectivity index (χ1v) is 10.3. The molecule has 6 bridgehead atoms. The Morgan fingerprint density at radius 3 is 1.97 bits per heavy atom. The molecular weight excluding hydrogens is 376 g/mol. The number of carboxylic acid groups (broad SMARTS) is 1. The highest BCUT2D eigenvalue weighted by atomic mass is 16.6. The minimum atomic E-state index is -1.01. The average Bonchev–Trinajstić information content (AvgIpc) is 3.53. The molecule has 1 N–H and O–H groups in total. The van der Waals surface area contributed by atoms with Gasteiger partial charge in [-0.3, -0.25) is 9.59 Å². The van der Waals surface area contributed by atoms with Crippen LogP contribution in [0.25, 0.3) is 0 Å². The maximum Gasteiger partial charge on any atom is 0.317 e. The van der Waals surface area contributed by atoms with E-state index in [0.29, 0.717) is 5.75 Å². The van der Waals surface area contributed by atoms with Crippen LogP contribution in [0.4, 0.5) is 0 Å². The Hall–Kier alpha value is -2.22. The number of carbonyl (C=O) groups excluding carboxylic acids is 1. The molecule has 150 valence electrons. The summed E-state index contributed by atoms with van der Waals surface area (Å²) in [5.74, 6) is -2.29. The Morgan fingerprint density at radius 2 is 1.34 bits per heavy atom. The van der Waals surface area contributed by atoms with Gasteiger partial charge in [0.05, 0.1) is 48.5 Å². The Balaban J connectivity index is 1.23. The molecule has 6 heterocycles. The van der Waals surface area contributed by atoms with Crippen LogP contribution in [0, 0.1) is 35.5 Å². The van der Waals surface area contributed by atoms with Crippen molar-refractivity contribution in [2.45, 2.75) is 36.6 Å². The molecule has 1 aromatic rings. The summed E-state index contributed by atoms with van der Waals surface area (Å²) in [7, 11) is 0. The first-order valence-electron chi connectivity index (χ1n) is 10.3. The summed E-state index contributed by atoms with van der Waals surface area (Å²) < 4.78 is 24.2. The predicted octanol–water partition coefficient (Wildman–Crippen LogP) is 1.27. The second kappa shape index (κ2) is 5.47. The van der Waals surface area contributed by atoms with E-state index in [1.807, 2.05) is 6.07 Å². The van der Waals surface area contributed by atoms with E-state index >= 15 is 0 Å². The zero-order valence-corrected chi connectivity index (χ0v) is 15.4. The molecule has 29 heavy (non-hydrogen) atoms. The van der Waals surface area contributed by atoms with E-state index in [0.717, 1.165) is 0 Å². The minimum Gasteiger partial charge on any atom is -0.481 e. The molecule has 0 aliphatic carbocycles. The van der Waals surface area contributed by atoms with E-state index in [1.165, 1.54) is 0 Å². The number of carboxylic acids is 1. The number of benzene rings is 1. The molecule has 0 radical (unpaired) electrons. The third-order valence-electron chi connectivity index (χ3n) is 7.97. The van der Waals surface area contributed by atoms with Crippen molar-refractivity contribution in [1.29, 1.82) is 0 Å². The molecule has 12 unspecified atom stereocenters. The summed E-state index contributed by atoms with van der Waals surface area (Å²) in [6.07, 6.45) is 3.22. The molecule has 7 nitrogen and oxygen atoms in total. The van der Waals surface area contributed by atoms with Crippen LogP contribution in [0.15, 0.2) is 42.5 Å². The number of rotatable bonds is 3. The Labute approximate surface area is 166 Å². The number of esters is 1. The fraction of sp³-hybridized carbons (Fsp3) is 0.545. The maximum atomic E-state index is 13.0. The predicted molar refractivity (Wildman–Crippen MR) is 95.8 cm³/mol. The number of carbonyl (C=O) groups is 2. The molecule has 6 aliphatic rings. The SMILES string of the molecule is O=C(O)C1C2OC(C1C(=O)Oc1ccccc1)C1C3OC(C4C5C=CC(O5)C34)C21. The van der Waals surface area contributed by atoms with Gasteiger partial charge in [-0.25, -0.2) is 0 Å². The maximum absolute atomic E-state index is 13.0. The van der Waals surface area contributed by atoms with Crippen LogP contribution in [0.5, 0.6) is 5.75 Å². The second-order valence-corrected chi connectivity index (χ2v) is 9.01. The molecule has 0 aromatic heterocycles. The largest absolute Gasteiger partial charge is 0.481 e. The molecule has 0 amide bonds. The van der Waals surface area contributed by atoms with Crippen molar-refractivity contribution in [1.82, 2.24) is 0 Å². The lowest BCUT2D eigenvalue weighted by Gasteiger charge is -2.40. The summed E-state index contributed by atoms with van der Waals surface area (Å²) >= 11 is 0. The highest BCUT2D eigenvalue weighted by Gasteiger charge is 2.77. The summed E-state index contributed by atoms with van der Waals surface area (Å²) in [6.45, 7) is 0. The highest BCUT2D eigenvalue weighted by molar-refractivity contribution is 5.84. The number of fused-ring (bicyclic) bond motifs is 16. The van der Waals surface area contributed by atoms with Crippen molar-refractivity contribution in [3.8, 4) is 5.75 Å². The number of aliphatic carboxylic acids is 1. The molecule has 7 heteroatoms. The van der Waals surface area contributed by atoms with Crippen LogP contribution in [0.1, 0.15) is 0 Å². The number of para-hydroxylation sites is 1. The molecular formula is C22H20O7. The lowest BCUT2D eigenvalue weighted by atomic mass is 9.57. The van der Waals surface area contributed by atoms with Gasteiger partial charge in [-0.1, -0.05) is 30.4 Å². The van der Waals surface area contributed by atoms with Gasteiger partial charge in [0.2, 0.25) is 0 Å². The minimum absolute atomic E-state index is 0.00414. The zero-order chi connectivity index (χ0) is 19.4. The molecule has 1 aromatic carbocycles. The van der Waals surface area contributed by atoms with Gasteiger partial charge in [-0.05, 0) is 12.1 Å². The molecule has 12 atom stereocenters. The van der Waals surface area contributed by atoms with E-state index in [4.69, 9.17) is 18.9 Å². The van der Waals surface area contributed by atoms with Crippen LogP contribution < -0.4 is 4.74 Å². The first-order chi connectivity index (χ1) is 14.1. The van der Waals surface area contributed by atoms with Gasteiger partial charge in [0.25, 0.3) is 0 Å². The topological polar surface area (TPSA) is 91.3 Å². The zero-order valence-electron chi connectivity index (χ0n) is 15.4. The van der Waals surface area contributed by atoms with E-state index in [2.05, 4.69) is 12.2 Å². The Morgan fingerprint density at radius 1 is 0.759 bits per heavy atom. The van der Waals surface area contributed by atoms with Crippen LogP contribution in [-0.2, 0) is 23.8 Å². The number of hydrogen-bond donors (Lipinski definition) is 1. The van der Waals surface area contributed by atoms with Crippen molar-refractivity contribution in [2.24, 2.45) is 35.5 Å². The van der Waals surface area contributed by atoms with Gasteiger partial charge in [0, 0.05) is 23.7 Å². The van der Waals surface area contributed by atoms with E-state index in [9.17, 15) is 14.7 Å². The normalized spacial score (nSPS) is 52.0. The smallest absolute Gasteiger partial charge is 0.317 e. The molecule has 5 saturated heterocycles. The van der Waals surface area contributed by atoms with Gasteiger partial charge in [0.1, 0.15) is 5.75 Å². The average molecular weight is 396 g/mol. The fourth-order valence-corrected chi connectivity index (χ4v) is 7.15. The summed E-state index contributed by atoms with van der Waals surface area (Å²) in [5.41, 5.74) is 0. The first kappa shape index (κ1) is 16.6. The van der Waals surface area contributed by atoms with Crippen LogP contribution in [-0.4, -0.2) is 53.7 Å². The quantitative estimate of drug-likeness (QED) is 0.467. The number of ether oxygens (including phenoxy) is 4. The van der Waals surface area contributed by atoms with Gasteiger partial charge in [0.15, 0.2) is 0 Å². The van der Waals surface area contributed by atoms with Gasteiger partial charge in [-0.15, -0.1) is 0 Å². The van der Waals surface area contributed by atoms with E-state index in [-0.39, 0.29) is 48.1 Å². The Kier molecular flexibility index (Phi) is 3.13. The van der Waals surface area contributed by atoms with Crippen molar-refractivity contribution in [3.05, 3.63) is 42.5 Å². The van der Waals surface area contributed by atoms with E-state index in [1.54, 1.807) is 24.3 Å². The highest BCUT2D eigenvalue weighted by Crippen LogP contribution is 2.67. The van der Waals surface area contributed by atoms with Gasteiger partial charge < -0.3 is 24.1 Å². The van der Waals surface area contributed by atoms with Crippen molar-refractivity contribution in [3.63, 3.8) is 0 Å². The summed E-state index contributed by atoms with van der Waals surface area (Å²) in [5, 5.41) is 9.94. The molecule has 0 spiro atoms. The van der Waals surface area contributed by atoms with Crippen LogP contribution >= 0.6 is 0 Å². The van der Waals surface area contributed by atoms with Gasteiger partial charge >= 0.3 is 11.9 Å². The van der Waals surface area contributed by atoms with E-state index < -0.39 is 36.0 Å². The molecule has 6 aliphatic heterocycles. The molecule has 0 saturated carbocycles. The monoisotopic (exact) mass is 396 g/mol. The third kappa shape index (κ3) is 1.94. The van der Waals surface area contributed by atoms with Crippen LogP contribution in [0.2, 0.25) is 0 Å². The fourth-order valence-electron chi connectivity index (χ4n) is 7.15. The van der Waals surface area contributed by atoms with Crippen molar-refractivity contribution < 1.29 is 33.6 Å².